The maximum Gasteiger partial charge on any atom is 0.331 e. The number of rotatable bonds is 7. The normalized spacial score (nSPS) is 11.8. The molecule has 0 radical (unpaired) electrons. The number of aliphatic hydroxyl groups is 1. The summed E-state index contributed by atoms with van der Waals surface area (Å²) in [6, 6.07) is 2.47. The van der Waals surface area contributed by atoms with Crippen LogP contribution in [0.2, 0.25) is 0 Å². The van der Waals surface area contributed by atoms with Gasteiger partial charge >= 0.3 is 5.97 Å². The zero-order chi connectivity index (χ0) is 15.0. The maximum absolute atomic E-state index is 12.1. The predicted molar refractivity (Wildman–Crippen MR) is 73.2 cm³/mol. The lowest BCUT2D eigenvalue weighted by Crippen LogP contribution is -2.45. The first-order valence-corrected chi connectivity index (χ1v) is 6.66. The van der Waals surface area contributed by atoms with Crippen molar-refractivity contribution in [1.29, 1.82) is 0 Å². The van der Waals surface area contributed by atoms with Gasteiger partial charge in [-0.05, 0) is 24.5 Å². The number of nitrogens with one attached hydrogen (secondary N) is 1. The van der Waals surface area contributed by atoms with E-state index in [1.54, 1.807) is 12.1 Å². The second-order valence-corrected chi connectivity index (χ2v) is 4.24. The van der Waals surface area contributed by atoms with Gasteiger partial charge in [-0.1, -0.05) is 19.9 Å². The van der Waals surface area contributed by atoms with E-state index in [9.17, 15) is 14.7 Å². The molecule has 0 bridgehead atoms. The van der Waals surface area contributed by atoms with Crippen molar-refractivity contribution in [2.75, 3.05) is 13.2 Å². The van der Waals surface area contributed by atoms with Gasteiger partial charge in [-0.3, -0.25) is 9.78 Å². The fourth-order valence-corrected chi connectivity index (χ4v) is 1.64. The molecule has 1 atom stereocenters. The number of aromatic nitrogens is 1. The van der Waals surface area contributed by atoms with Crippen LogP contribution in [0.15, 0.2) is 18.3 Å². The van der Waals surface area contributed by atoms with Crippen molar-refractivity contribution < 1.29 is 19.4 Å². The Labute approximate surface area is 118 Å². The lowest BCUT2D eigenvalue weighted by Gasteiger charge is -2.15. The fourth-order valence-electron chi connectivity index (χ4n) is 1.64. The van der Waals surface area contributed by atoms with Crippen molar-refractivity contribution in [2.45, 2.75) is 32.7 Å². The molecule has 0 aliphatic carbocycles. The van der Waals surface area contributed by atoms with Gasteiger partial charge in [0.25, 0.3) is 5.91 Å². The Kier molecular flexibility index (Phi) is 6.66. The molecule has 1 amide bonds. The third-order valence-corrected chi connectivity index (χ3v) is 2.71. The number of nitrogens with zero attached hydrogens (tertiary/aromatic N) is 1. The third-order valence-electron chi connectivity index (χ3n) is 2.71. The molecule has 20 heavy (non-hydrogen) atoms. The van der Waals surface area contributed by atoms with Gasteiger partial charge in [-0.25, -0.2) is 4.79 Å². The lowest BCUT2D eigenvalue weighted by molar-refractivity contribution is -0.146. The van der Waals surface area contributed by atoms with Crippen LogP contribution in [0.25, 0.3) is 0 Å². The van der Waals surface area contributed by atoms with Crippen LogP contribution in [0.5, 0.6) is 0 Å². The van der Waals surface area contributed by atoms with Crippen LogP contribution in [0.3, 0.4) is 0 Å². The van der Waals surface area contributed by atoms with E-state index in [-0.39, 0.29) is 12.3 Å². The molecule has 0 spiro atoms. The van der Waals surface area contributed by atoms with E-state index >= 15 is 0 Å². The average molecular weight is 280 g/mol. The Balaban J connectivity index is 2.74. The fraction of sp³-hybridized carbons (Fsp3) is 0.500. The van der Waals surface area contributed by atoms with E-state index in [1.165, 1.54) is 6.20 Å². The molecule has 0 fully saturated rings. The minimum Gasteiger partial charge on any atom is -0.464 e. The highest BCUT2D eigenvalue weighted by Gasteiger charge is 2.23. The van der Waals surface area contributed by atoms with Crippen LogP contribution < -0.4 is 5.32 Å². The first-order valence-electron chi connectivity index (χ1n) is 6.66. The summed E-state index contributed by atoms with van der Waals surface area (Å²) in [6.07, 6.45) is 2.84. The summed E-state index contributed by atoms with van der Waals surface area (Å²) >= 11 is 0. The van der Waals surface area contributed by atoms with Crippen LogP contribution in [-0.4, -0.2) is 41.2 Å². The van der Waals surface area contributed by atoms with Gasteiger partial charge in [0.1, 0.15) is 5.69 Å². The predicted octanol–water partition coefficient (Wildman–Crippen LogP) is 0.688. The topological polar surface area (TPSA) is 88.5 Å². The van der Waals surface area contributed by atoms with Crippen LogP contribution in [0.1, 0.15) is 36.3 Å². The van der Waals surface area contributed by atoms with Gasteiger partial charge in [0, 0.05) is 6.20 Å². The number of carbonyl (C=O) groups is 2. The second kappa shape index (κ2) is 8.27. The van der Waals surface area contributed by atoms with E-state index in [4.69, 9.17) is 4.74 Å². The van der Waals surface area contributed by atoms with Crippen molar-refractivity contribution in [2.24, 2.45) is 0 Å². The van der Waals surface area contributed by atoms with Gasteiger partial charge in [0.15, 0.2) is 6.04 Å². The molecule has 1 aromatic heterocycles. The molecular weight excluding hydrogens is 260 g/mol. The lowest BCUT2D eigenvalue weighted by atomic mass is 10.1. The van der Waals surface area contributed by atoms with Crippen LogP contribution in [0.4, 0.5) is 0 Å². The highest BCUT2D eigenvalue weighted by atomic mass is 16.5. The smallest absolute Gasteiger partial charge is 0.331 e. The minimum absolute atomic E-state index is 0.259. The van der Waals surface area contributed by atoms with Crippen LogP contribution in [-0.2, 0) is 16.0 Å². The quantitative estimate of drug-likeness (QED) is 0.717. The highest BCUT2D eigenvalue weighted by Crippen LogP contribution is 2.06. The molecule has 0 aromatic carbocycles. The van der Waals surface area contributed by atoms with Crippen molar-refractivity contribution in [1.82, 2.24) is 10.3 Å². The number of aryl methyl sites for hydroxylation is 1. The average Bonchev–Trinajstić information content (AvgIpc) is 2.49. The summed E-state index contributed by atoms with van der Waals surface area (Å²) < 4.78 is 4.90. The van der Waals surface area contributed by atoms with Crippen molar-refractivity contribution >= 4 is 11.9 Å². The number of aliphatic hydroxyl groups excluding tert-OH is 1. The number of amides is 1. The molecule has 1 aromatic rings. The molecule has 6 heteroatoms. The van der Waals surface area contributed by atoms with E-state index in [0.29, 0.717) is 12.8 Å². The molecule has 0 saturated carbocycles. The standard InChI is InChI=1S/C14H20N2O4/c1-3-8-20-14(19)11(9-17)16-13(18)12-10(4-2)6-5-7-15-12/h5-7,11,17H,3-4,8-9H2,1-2H3,(H,16,18)/t11-/m0/s1. The Morgan fingerprint density at radius 1 is 1.45 bits per heavy atom. The summed E-state index contributed by atoms with van der Waals surface area (Å²) in [6.45, 7) is 3.52. The van der Waals surface area contributed by atoms with Gasteiger partial charge in [-0.15, -0.1) is 0 Å². The summed E-state index contributed by atoms with van der Waals surface area (Å²) in [5.74, 6) is -1.13. The Morgan fingerprint density at radius 3 is 2.80 bits per heavy atom. The zero-order valence-corrected chi connectivity index (χ0v) is 11.8. The molecule has 0 aliphatic rings. The molecule has 110 valence electrons. The summed E-state index contributed by atoms with van der Waals surface area (Å²) in [5, 5.41) is 11.6. The second-order valence-electron chi connectivity index (χ2n) is 4.24. The SMILES string of the molecule is CCCOC(=O)[C@H](CO)NC(=O)c1ncccc1CC. The molecule has 0 saturated heterocycles. The van der Waals surface area contributed by atoms with E-state index in [0.717, 1.165) is 5.56 Å². The number of carbonyl (C=O) groups excluding carboxylic acids is 2. The molecule has 1 rings (SSSR count). The van der Waals surface area contributed by atoms with Crippen LogP contribution >= 0.6 is 0 Å². The van der Waals surface area contributed by atoms with Crippen LogP contribution in [0, 0.1) is 0 Å². The Hall–Kier alpha value is -1.95. The highest BCUT2D eigenvalue weighted by molar-refractivity contribution is 5.96. The minimum atomic E-state index is -1.07. The first kappa shape index (κ1) is 16.1. The molecule has 0 aliphatic heterocycles. The molecule has 2 N–H and O–H groups in total. The summed E-state index contributed by atoms with van der Waals surface area (Å²) in [5.41, 5.74) is 1.04. The van der Waals surface area contributed by atoms with Crippen molar-refractivity contribution in [3.05, 3.63) is 29.6 Å². The number of ether oxygens (including phenoxy) is 1. The zero-order valence-electron chi connectivity index (χ0n) is 11.8. The monoisotopic (exact) mass is 280 g/mol. The summed E-state index contributed by atoms with van der Waals surface area (Å²) in [4.78, 5) is 27.7. The first-order chi connectivity index (χ1) is 9.63. The van der Waals surface area contributed by atoms with Crippen molar-refractivity contribution in [3.8, 4) is 0 Å². The molecule has 6 nitrogen and oxygen atoms in total. The number of esters is 1. The van der Waals surface area contributed by atoms with Crippen molar-refractivity contribution in [3.63, 3.8) is 0 Å². The molecule has 0 unspecified atom stereocenters. The Bertz CT molecular complexity index is 462. The van der Waals surface area contributed by atoms with Gasteiger partial charge in [0.2, 0.25) is 0 Å². The molecular formula is C14H20N2O4. The maximum atomic E-state index is 12.1. The van der Waals surface area contributed by atoms with E-state index in [2.05, 4.69) is 10.3 Å². The number of hydrogen-bond acceptors (Lipinski definition) is 5. The number of hydrogen-bond donors (Lipinski definition) is 2. The van der Waals surface area contributed by atoms with E-state index < -0.39 is 24.5 Å². The van der Waals surface area contributed by atoms with Gasteiger partial charge < -0.3 is 15.2 Å². The third kappa shape index (κ3) is 4.31. The largest absolute Gasteiger partial charge is 0.464 e. The number of pyridine rings is 1. The van der Waals surface area contributed by atoms with Gasteiger partial charge in [0.05, 0.1) is 13.2 Å². The summed E-state index contributed by atoms with van der Waals surface area (Å²) in [7, 11) is 0. The molecule has 1 heterocycles. The van der Waals surface area contributed by atoms with E-state index in [1.807, 2.05) is 13.8 Å². The van der Waals surface area contributed by atoms with Gasteiger partial charge in [-0.2, -0.15) is 0 Å². The Morgan fingerprint density at radius 2 is 2.20 bits per heavy atom.